The van der Waals surface area contributed by atoms with Gasteiger partial charge in [-0.25, -0.2) is 9.10 Å². The van der Waals surface area contributed by atoms with Crippen LogP contribution in [0.2, 0.25) is 0 Å². The molecular weight excluding hydrogens is 348 g/mol. The van der Waals surface area contributed by atoms with E-state index in [-0.39, 0.29) is 16.0 Å². The van der Waals surface area contributed by atoms with Gasteiger partial charge in [-0.05, 0) is 31.0 Å². The zero-order chi connectivity index (χ0) is 17.1. The molecule has 0 amide bonds. The first-order valence-electron chi connectivity index (χ1n) is 7.77. The Morgan fingerprint density at radius 1 is 1.21 bits per heavy atom. The standard InChI is InChI=1S/C16H18N2O4S2/c1-17-12-9-11(5-6-14(12)22-15(17)20)13(19)10-23-16(21)24-18-7-3-2-4-8-18/h5-6,9H,2-4,7-8,10H2,1H3. The third-order valence-electron chi connectivity index (χ3n) is 3.95. The molecule has 0 N–H and O–H groups in total. The van der Waals surface area contributed by atoms with Crippen LogP contribution in [0, 0.1) is 0 Å². The molecule has 0 unspecified atom stereocenters. The van der Waals surface area contributed by atoms with Gasteiger partial charge in [-0.15, -0.1) is 0 Å². The van der Waals surface area contributed by atoms with E-state index in [9.17, 15) is 14.4 Å². The first-order valence-corrected chi connectivity index (χ1v) is 9.53. The van der Waals surface area contributed by atoms with Crippen LogP contribution < -0.4 is 5.76 Å². The molecule has 0 radical (unpaired) electrons. The molecule has 24 heavy (non-hydrogen) atoms. The summed E-state index contributed by atoms with van der Waals surface area (Å²) in [6.45, 7) is 1.85. The number of aromatic nitrogens is 1. The summed E-state index contributed by atoms with van der Waals surface area (Å²) in [6.07, 6.45) is 3.45. The van der Waals surface area contributed by atoms with Crippen molar-refractivity contribution in [2.75, 3.05) is 18.8 Å². The van der Waals surface area contributed by atoms with E-state index in [0.29, 0.717) is 16.7 Å². The molecule has 3 rings (SSSR count). The van der Waals surface area contributed by atoms with E-state index in [2.05, 4.69) is 4.31 Å². The predicted molar refractivity (Wildman–Crippen MR) is 96.7 cm³/mol. The molecule has 1 aliphatic heterocycles. The summed E-state index contributed by atoms with van der Waals surface area (Å²) in [5.74, 6) is -0.503. The number of aryl methyl sites for hydroxylation is 1. The van der Waals surface area contributed by atoms with E-state index < -0.39 is 5.76 Å². The second-order valence-corrected chi connectivity index (χ2v) is 7.93. The number of thioether (sulfide) groups is 1. The minimum Gasteiger partial charge on any atom is -0.408 e. The van der Waals surface area contributed by atoms with Gasteiger partial charge in [0.1, 0.15) is 0 Å². The van der Waals surface area contributed by atoms with Crippen molar-refractivity contribution in [3.63, 3.8) is 0 Å². The second-order valence-electron chi connectivity index (χ2n) is 5.65. The summed E-state index contributed by atoms with van der Waals surface area (Å²) in [6, 6.07) is 4.86. The number of piperidine rings is 1. The molecule has 6 nitrogen and oxygen atoms in total. The van der Waals surface area contributed by atoms with E-state index in [1.54, 1.807) is 25.2 Å². The molecule has 1 aliphatic rings. The molecule has 2 aromatic rings. The van der Waals surface area contributed by atoms with Gasteiger partial charge >= 0.3 is 5.76 Å². The molecule has 0 saturated carbocycles. The molecule has 0 bridgehead atoms. The Morgan fingerprint density at radius 3 is 2.71 bits per heavy atom. The number of benzene rings is 1. The van der Waals surface area contributed by atoms with Gasteiger partial charge in [0, 0.05) is 37.6 Å². The van der Waals surface area contributed by atoms with Crippen LogP contribution in [0.25, 0.3) is 11.1 Å². The fourth-order valence-corrected chi connectivity index (χ4v) is 4.37. The smallest absolute Gasteiger partial charge is 0.408 e. The van der Waals surface area contributed by atoms with Gasteiger partial charge in [-0.1, -0.05) is 18.2 Å². The quantitative estimate of drug-likeness (QED) is 0.607. The lowest BCUT2D eigenvalue weighted by Gasteiger charge is -2.23. The number of hydrogen-bond acceptors (Lipinski definition) is 7. The minimum absolute atomic E-state index is 0.0537. The van der Waals surface area contributed by atoms with Crippen molar-refractivity contribution < 1.29 is 14.0 Å². The van der Waals surface area contributed by atoms with Crippen LogP contribution in [0.4, 0.5) is 4.79 Å². The highest BCUT2D eigenvalue weighted by atomic mass is 32.2. The maximum absolute atomic E-state index is 12.3. The lowest BCUT2D eigenvalue weighted by Crippen LogP contribution is -2.24. The second kappa shape index (κ2) is 7.58. The van der Waals surface area contributed by atoms with Gasteiger partial charge in [0.25, 0.3) is 4.45 Å². The average molecular weight is 366 g/mol. The summed E-state index contributed by atoms with van der Waals surface area (Å²) >= 11 is 2.24. The summed E-state index contributed by atoms with van der Waals surface area (Å²) in [7, 11) is 1.59. The monoisotopic (exact) mass is 366 g/mol. The number of ketones is 1. The number of carbonyl (C=O) groups is 2. The van der Waals surface area contributed by atoms with Gasteiger partial charge < -0.3 is 4.42 Å². The Morgan fingerprint density at radius 2 is 1.96 bits per heavy atom. The number of carbonyl (C=O) groups excluding carboxylic acids is 2. The Kier molecular flexibility index (Phi) is 5.47. The third-order valence-corrected chi connectivity index (χ3v) is 5.94. The normalized spacial score (nSPS) is 15.7. The zero-order valence-electron chi connectivity index (χ0n) is 13.3. The molecular formula is C16H18N2O4S2. The van der Waals surface area contributed by atoms with Crippen molar-refractivity contribution in [1.82, 2.24) is 8.87 Å². The molecule has 8 heteroatoms. The molecule has 1 fully saturated rings. The van der Waals surface area contributed by atoms with Crippen LogP contribution in [-0.4, -0.2) is 37.9 Å². The molecule has 1 saturated heterocycles. The van der Waals surface area contributed by atoms with E-state index in [4.69, 9.17) is 4.42 Å². The zero-order valence-corrected chi connectivity index (χ0v) is 15.0. The maximum atomic E-state index is 12.3. The first kappa shape index (κ1) is 17.3. The van der Waals surface area contributed by atoms with Crippen molar-refractivity contribution >= 4 is 45.0 Å². The molecule has 1 aromatic heterocycles. The molecule has 128 valence electrons. The van der Waals surface area contributed by atoms with Crippen LogP contribution >= 0.6 is 23.7 Å². The van der Waals surface area contributed by atoms with Crippen LogP contribution in [-0.2, 0) is 7.05 Å². The van der Waals surface area contributed by atoms with Crippen molar-refractivity contribution in [1.29, 1.82) is 0 Å². The van der Waals surface area contributed by atoms with E-state index >= 15 is 0 Å². The highest BCUT2D eigenvalue weighted by molar-refractivity contribution is 8.37. The van der Waals surface area contributed by atoms with Crippen LogP contribution in [0.3, 0.4) is 0 Å². The Hall–Kier alpha value is -1.51. The Labute approximate surface area is 147 Å². The first-order chi connectivity index (χ1) is 11.5. The highest BCUT2D eigenvalue weighted by Crippen LogP contribution is 2.25. The van der Waals surface area contributed by atoms with Crippen molar-refractivity contribution in [3.05, 3.63) is 34.3 Å². The molecule has 0 aliphatic carbocycles. The van der Waals surface area contributed by atoms with E-state index in [1.807, 2.05) is 0 Å². The summed E-state index contributed by atoms with van der Waals surface area (Å²) < 4.78 is 8.41. The van der Waals surface area contributed by atoms with Crippen molar-refractivity contribution in [2.45, 2.75) is 19.3 Å². The van der Waals surface area contributed by atoms with Crippen molar-refractivity contribution in [2.24, 2.45) is 7.05 Å². The fraction of sp³-hybridized carbons (Fsp3) is 0.438. The molecule has 0 atom stereocenters. The summed E-state index contributed by atoms with van der Waals surface area (Å²) in [4.78, 5) is 35.8. The summed E-state index contributed by atoms with van der Waals surface area (Å²) in [5, 5.41) is 0. The summed E-state index contributed by atoms with van der Waals surface area (Å²) in [5.41, 5.74) is 1.50. The number of hydrogen-bond donors (Lipinski definition) is 0. The minimum atomic E-state index is -0.461. The average Bonchev–Trinajstić information content (AvgIpc) is 2.87. The number of Topliss-reactive ketones (excluding diaryl/α,β-unsaturated/α-hetero) is 1. The number of fused-ring (bicyclic) bond motifs is 1. The number of nitrogens with zero attached hydrogens (tertiary/aromatic N) is 2. The largest absolute Gasteiger partial charge is 0.419 e. The Bertz CT molecular complexity index is 821. The van der Waals surface area contributed by atoms with Gasteiger partial charge in [0.15, 0.2) is 11.4 Å². The lowest BCUT2D eigenvalue weighted by atomic mass is 10.1. The lowest BCUT2D eigenvalue weighted by molar-refractivity contribution is 0.102. The van der Waals surface area contributed by atoms with Crippen LogP contribution in [0.5, 0.6) is 0 Å². The van der Waals surface area contributed by atoms with E-state index in [0.717, 1.165) is 37.7 Å². The Balaban J connectivity index is 1.59. The van der Waals surface area contributed by atoms with Gasteiger partial charge in [-0.3, -0.25) is 14.2 Å². The van der Waals surface area contributed by atoms with Crippen molar-refractivity contribution in [3.8, 4) is 0 Å². The van der Waals surface area contributed by atoms with E-state index in [1.165, 1.54) is 22.9 Å². The van der Waals surface area contributed by atoms with Crippen LogP contribution in [0.1, 0.15) is 29.6 Å². The highest BCUT2D eigenvalue weighted by Gasteiger charge is 2.17. The number of rotatable bonds is 4. The topological polar surface area (TPSA) is 72.5 Å². The maximum Gasteiger partial charge on any atom is 0.419 e. The van der Waals surface area contributed by atoms with Gasteiger partial charge in [-0.2, -0.15) is 0 Å². The van der Waals surface area contributed by atoms with Crippen LogP contribution in [0.15, 0.2) is 27.4 Å². The van der Waals surface area contributed by atoms with Gasteiger partial charge in [0.05, 0.1) is 11.3 Å². The third kappa shape index (κ3) is 3.93. The number of oxazole rings is 1. The van der Waals surface area contributed by atoms with Gasteiger partial charge in [0.2, 0.25) is 0 Å². The molecule has 2 heterocycles. The fourth-order valence-electron chi connectivity index (χ4n) is 2.60. The predicted octanol–water partition coefficient (Wildman–Crippen LogP) is 3.30. The molecule has 0 spiro atoms. The SMILES string of the molecule is Cn1c(=O)oc2ccc(C(=O)CSC(=O)SN3CCCCC3)cc21. The molecule has 1 aromatic carbocycles.